The van der Waals surface area contributed by atoms with Crippen LogP contribution in [0, 0.1) is 0 Å². The average Bonchev–Trinajstić information content (AvgIpc) is 3.73. The Morgan fingerprint density at radius 1 is 0.333 bits per heavy atom. The maximum Gasteiger partial charge on any atom is 0.179 e. The molecule has 0 saturated heterocycles. The topological polar surface area (TPSA) is 51.8 Å². The number of hydrogen-bond acceptors (Lipinski definition) is 4. The number of rotatable bonds is 8. The molecule has 0 aliphatic rings. The van der Waals surface area contributed by atoms with Gasteiger partial charge in [0.2, 0.25) is 0 Å². The molecule has 2 heterocycles. The number of nitrogens with zero attached hydrogens (tertiary/aromatic N) is 3. The molecule has 0 fully saturated rings. The van der Waals surface area contributed by atoms with Crippen LogP contribution in [-0.4, -0.2) is 23.0 Å². The quantitative estimate of drug-likeness (QED) is 0.114. The Morgan fingerprint density at radius 3 is 1.50 bits per heavy atom. The normalized spacial score (nSPS) is 11.7. The van der Waals surface area contributed by atoms with E-state index in [2.05, 4.69) is 206 Å². The van der Waals surface area contributed by atoms with Gasteiger partial charge in [0.15, 0.2) is 25.5 Å². The largest absolute Gasteiger partial charge is 0.455 e. The monoisotopic (exact) mass is 783 g/mol. The number of hydrogen-bond donors (Lipinski definition) is 0. The SMILES string of the molecule is c1ccc(-c2ccc(-c3nc(-c4cccc([Si](c5ccccc5)(c5ccccc5)c5ccccc5)c4)nc(-c4cccc5oc6c7ccccc7ccc6c45)n3)cc2)cc1. The van der Waals surface area contributed by atoms with E-state index in [1.165, 1.54) is 20.7 Å². The first kappa shape index (κ1) is 35.4. The molecule has 5 heteroatoms. The molecule has 11 aromatic rings. The van der Waals surface area contributed by atoms with Gasteiger partial charge < -0.3 is 4.42 Å². The molecule has 0 aliphatic carbocycles. The van der Waals surface area contributed by atoms with Gasteiger partial charge in [-0.05, 0) is 49.4 Å². The van der Waals surface area contributed by atoms with Gasteiger partial charge in [-0.2, -0.15) is 0 Å². The highest BCUT2D eigenvalue weighted by molar-refractivity contribution is 7.19. The third kappa shape index (κ3) is 6.03. The zero-order valence-corrected chi connectivity index (χ0v) is 33.6. The average molecular weight is 784 g/mol. The summed E-state index contributed by atoms with van der Waals surface area (Å²) in [5.41, 5.74) is 6.67. The fourth-order valence-electron chi connectivity index (χ4n) is 8.89. The van der Waals surface area contributed by atoms with Crippen LogP contribution in [0.5, 0.6) is 0 Å². The van der Waals surface area contributed by atoms with E-state index in [9.17, 15) is 0 Å². The third-order valence-electron chi connectivity index (χ3n) is 11.7. The molecule has 282 valence electrons. The van der Waals surface area contributed by atoms with E-state index in [-0.39, 0.29) is 0 Å². The number of benzene rings is 9. The van der Waals surface area contributed by atoms with Crippen molar-refractivity contribution in [1.82, 2.24) is 15.0 Å². The Kier molecular flexibility index (Phi) is 8.79. The van der Waals surface area contributed by atoms with E-state index in [1.54, 1.807) is 0 Å². The van der Waals surface area contributed by atoms with Gasteiger partial charge in [0.25, 0.3) is 0 Å². The van der Waals surface area contributed by atoms with Gasteiger partial charge in [-0.25, -0.2) is 15.0 Å². The summed E-state index contributed by atoms with van der Waals surface area (Å²) in [4.78, 5) is 15.9. The molecule has 9 aromatic carbocycles. The van der Waals surface area contributed by atoms with Crippen molar-refractivity contribution in [1.29, 1.82) is 0 Å². The summed E-state index contributed by atoms with van der Waals surface area (Å²) in [5.74, 6) is 1.80. The minimum atomic E-state index is -2.82. The van der Waals surface area contributed by atoms with Crippen LogP contribution in [0.1, 0.15) is 0 Å². The molecular formula is C55H37N3OSi. The summed E-state index contributed by atoms with van der Waals surface area (Å²) in [7, 11) is -2.82. The first-order chi connectivity index (χ1) is 29.7. The smallest absolute Gasteiger partial charge is 0.179 e. The molecule has 0 unspecified atom stereocenters. The second-order valence-corrected chi connectivity index (χ2v) is 18.9. The fourth-order valence-corrected chi connectivity index (χ4v) is 13.7. The van der Waals surface area contributed by atoms with E-state index in [1.807, 2.05) is 18.2 Å². The zero-order valence-electron chi connectivity index (χ0n) is 32.6. The van der Waals surface area contributed by atoms with Crippen molar-refractivity contribution < 1.29 is 4.42 Å². The molecule has 0 spiro atoms. The van der Waals surface area contributed by atoms with Crippen LogP contribution in [0.3, 0.4) is 0 Å². The standard InChI is InChI=1S/C55H37N3OSi/c1-5-17-38(18-6-1)39-31-33-41(34-32-39)53-56-54(58-55(57-53)49-29-16-30-50-51(49)48-36-35-40-19-13-14-28-47(40)52(48)59-50)42-20-15-27-46(37-42)60(43-21-7-2-8-22-43,44-23-9-3-10-24-44)45-25-11-4-12-26-45/h1-37H. The molecule has 0 aliphatic heterocycles. The summed E-state index contributed by atoms with van der Waals surface area (Å²) in [5, 5.41) is 9.39. The maximum atomic E-state index is 6.63. The van der Waals surface area contributed by atoms with Crippen LogP contribution >= 0.6 is 0 Å². The highest BCUT2D eigenvalue weighted by Crippen LogP contribution is 2.39. The summed E-state index contributed by atoms with van der Waals surface area (Å²) < 4.78 is 6.63. The van der Waals surface area contributed by atoms with Crippen molar-refractivity contribution in [2.75, 3.05) is 0 Å². The van der Waals surface area contributed by atoms with Crippen molar-refractivity contribution in [3.63, 3.8) is 0 Å². The van der Waals surface area contributed by atoms with Crippen LogP contribution in [0.25, 0.3) is 78.0 Å². The second-order valence-electron chi connectivity index (χ2n) is 15.1. The number of fused-ring (bicyclic) bond motifs is 5. The lowest BCUT2D eigenvalue weighted by Gasteiger charge is -2.34. The predicted octanol–water partition coefficient (Wildman–Crippen LogP) is 11.0. The third-order valence-corrected chi connectivity index (χ3v) is 16.5. The molecule has 0 radical (unpaired) electrons. The molecule has 0 bridgehead atoms. The van der Waals surface area contributed by atoms with Crippen LogP contribution < -0.4 is 20.7 Å². The van der Waals surface area contributed by atoms with Gasteiger partial charge in [-0.3, -0.25) is 0 Å². The van der Waals surface area contributed by atoms with Crippen molar-refractivity contribution >= 4 is 61.5 Å². The van der Waals surface area contributed by atoms with Crippen LogP contribution in [0.2, 0.25) is 0 Å². The molecule has 0 amide bonds. The van der Waals surface area contributed by atoms with Crippen molar-refractivity contribution in [2.45, 2.75) is 0 Å². The Balaban J connectivity index is 1.15. The van der Waals surface area contributed by atoms with E-state index in [0.717, 1.165) is 60.5 Å². The molecule has 4 nitrogen and oxygen atoms in total. The van der Waals surface area contributed by atoms with Crippen LogP contribution in [-0.2, 0) is 0 Å². The lowest BCUT2D eigenvalue weighted by molar-refractivity contribution is 0.672. The van der Waals surface area contributed by atoms with Crippen molar-refractivity contribution in [3.8, 4) is 45.3 Å². The summed E-state index contributed by atoms with van der Waals surface area (Å²) in [6, 6.07) is 79.6. The Morgan fingerprint density at radius 2 is 0.833 bits per heavy atom. The first-order valence-corrected chi connectivity index (χ1v) is 22.3. The molecule has 60 heavy (non-hydrogen) atoms. The van der Waals surface area contributed by atoms with Gasteiger partial charge in [0.05, 0.1) is 0 Å². The Labute approximate surface area is 349 Å². The second kappa shape index (κ2) is 14.9. The molecule has 0 atom stereocenters. The van der Waals surface area contributed by atoms with Crippen LogP contribution in [0.4, 0.5) is 0 Å². The minimum absolute atomic E-state index is 0.590. The lowest BCUT2D eigenvalue weighted by atomic mass is 10.0. The van der Waals surface area contributed by atoms with Crippen molar-refractivity contribution in [2.24, 2.45) is 0 Å². The molecule has 0 N–H and O–H groups in total. The predicted molar refractivity (Wildman–Crippen MR) is 250 cm³/mol. The molecule has 0 saturated carbocycles. The summed E-state index contributed by atoms with van der Waals surface area (Å²) in [6.07, 6.45) is 0. The van der Waals surface area contributed by atoms with Gasteiger partial charge in [0, 0.05) is 32.8 Å². The highest BCUT2D eigenvalue weighted by atomic mass is 28.3. The number of aromatic nitrogens is 3. The van der Waals surface area contributed by atoms with E-state index >= 15 is 0 Å². The maximum absolute atomic E-state index is 6.63. The van der Waals surface area contributed by atoms with Gasteiger partial charge in [-0.1, -0.05) is 212 Å². The van der Waals surface area contributed by atoms with E-state index in [4.69, 9.17) is 19.4 Å². The highest BCUT2D eigenvalue weighted by Gasteiger charge is 2.41. The van der Waals surface area contributed by atoms with E-state index in [0.29, 0.717) is 17.5 Å². The fraction of sp³-hybridized carbons (Fsp3) is 0. The van der Waals surface area contributed by atoms with Gasteiger partial charge in [-0.15, -0.1) is 0 Å². The summed E-state index contributed by atoms with van der Waals surface area (Å²) in [6.45, 7) is 0. The first-order valence-electron chi connectivity index (χ1n) is 20.3. The molecular weight excluding hydrogens is 747 g/mol. The number of furan rings is 1. The Hall–Kier alpha value is -7.73. The Bertz CT molecular complexity index is 3200. The lowest BCUT2D eigenvalue weighted by Crippen LogP contribution is -2.74. The molecule has 11 rings (SSSR count). The molecule has 2 aromatic heterocycles. The van der Waals surface area contributed by atoms with Crippen molar-refractivity contribution in [3.05, 3.63) is 224 Å². The zero-order chi connectivity index (χ0) is 39.9. The van der Waals surface area contributed by atoms with Crippen LogP contribution in [0.15, 0.2) is 229 Å². The van der Waals surface area contributed by atoms with Gasteiger partial charge >= 0.3 is 0 Å². The van der Waals surface area contributed by atoms with Gasteiger partial charge in [0.1, 0.15) is 11.2 Å². The minimum Gasteiger partial charge on any atom is -0.455 e. The van der Waals surface area contributed by atoms with E-state index < -0.39 is 8.07 Å². The summed E-state index contributed by atoms with van der Waals surface area (Å²) >= 11 is 0.